The van der Waals surface area contributed by atoms with Crippen molar-refractivity contribution in [2.75, 3.05) is 26.3 Å². The third-order valence-electron chi connectivity index (χ3n) is 4.72. The summed E-state index contributed by atoms with van der Waals surface area (Å²) in [4.78, 5) is 2.75. The van der Waals surface area contributed by atoms with Crippen LogP contribution in [0.3, 0.4) is 0 Å². The molecule has 0 aliphatic carbocycles. The molecule has 106 valence electrons. The minimum Gasteiger partial charge on any atom is -0.380 e. The smallest absolute Gasteiger partial charge is 0.0647 e. The van der Waals surface area contributed by atoms with Crippen LogP contribution in [0.25, 0.3) is 0 Å². The summed E-state index contributed by atoms with van der Waals surface area (Å²) >= 11 is 0. The zero-order chi connectivity index (χ0) is 13.0. The van der Waals surface area contributed by atoms with Gasteiger partial charge in [0.15, 0.2) is 0 Å². The molecule has 18 heavy (non-hydrogen) atoms. The van der Waals surface area contributed by atoms with E-state index in [1.54, 1.807) is 0 Å². The summed E-state index contributed by atoms with van der Waals surface area (Å²) in [5, 5.41) is 3.72. The van der Waals surface area contributed by atoms with Gasteiger partial charge >= 0.3 is 0 Å². The molecule has 0 aromatic heterocycles. The molecule has 0 aromatic rings. The molecule has 3 nitrogen and oxygen atoms in total. The van der Waals surface area contributed by atoms with Crippen LogP contribution in [-0.2, 0) is 4.74 Å². The highest BCUT2D eigenvalue weighted by molar-refractivity contribution is 4.97. The van der Waals surface area contributed by atoms with Gasteiger partial charge in [0.05, 0.1) is 6.61 Å². The van der Waals surface area contributed by atoms with E-state index < -0.39 is 0 Å². The van der Waals surface area contributed by atoms with Gasteiger partial charge in [-0.05, 0) is 32.6 Å². The van der Waals surface area contributed by atoms with Crippen LogP contribution in [0.4, 0.5) is 0 Å². The van der Waals surface area contributed by atoms with Crippen molar-refractivity contribution in [3.63, 3.8) is 0 Å². The quantitative estimate of drug-likeness (QED) is 0.834. The van der Waals surface area contributed by atoms with Gasteiger partial charge in [0.2, 0.25) is 0 Å². The molecule has 0 aromatic carbocycles. The Bertz CT molecular complexity index is 251. The fraction of sp³-hybridized carbons (Fsp3) is 1.00. The summed E-state index contributed by atoms with van der Waals surface area (Å²) in [6, 6.07) is 1.36. The van der Waals surface area contributed by atoms with Crippen molar-refractivity contribution in [2.24, 2.45) is 0 Å². The molecule has 2 aliphatic rings. The SMILES string of the molecule is CCCC1CN(C2(C)CCCOC2)C(CC)CN1. The molecule has 2 fully saturated rings. The fourth-order valence-electron chi connectivity index (χ4n) is 3.58. The molecule has 0 spiro atoms. The van der Waals surface area contributed by atoms with Crippen LogP contribution in [0.1, 0.15) is 52.9 Å². The second-order valence-electron chi connectivity index (χ2n) is 6.26. The van der Waals surface area contributed by atoms with E-state index >= 15 is 0 Å². The van der Waals surface area contributed by atoms with Crippen molar-refractivity contribution >= 4 is 0 Å². The van der Waals surface area contributed by atoms with E-state index in [1.807, 2.05) is 0 Å². The lowest BCUT2D eigenvalue weighted by Crippen LogP contribution is -2.65. The molecule has 2 saturated heterocycles. The minimum atomic E-state index is 0.271. The Labute approximate surface area is 112 Å². The first-order valence-electron chi connectivity index (χ1n) is 7.77. The number of nitrogens with zero attached hydrogens (tertiary/aromatic N) is 1. The molecule has 3 atom stereocenters. The molecule has 0 amide bonds. The third kappa shape index (κ3) is 3.06. The summed E-state index contributed by atoms with van der Waals surface area (Å²) < 4.78 is 5.76. The van der Waals surface area contributed by atoms with E-state index in [9.17, 15) is 0 Å². The highest BCUT2D eigenvalue weighted by atomic mass is 16.5. The van der Waals surface area contributed by atoms with Crippen LogP contribution in [0.15, 0.2) is 0 Å². The monoisotopic (exact) mass is 254 g/mol. The maximum absolute atomic E-state index is 5.76. The first-order chi connectivity index (χ1) is 8.69. The van der Waals surface area contributed by atoms with E-state index in [4.69, 9.17) is 4.74 Å². The maximum atomic E-state index is 5.76. The van der Waals surface area contributed by atoms with Gasteiger partial charge in [0.1, 0.15) is 0 Å². The van der Waals surface area contributed by atoms with Gasteiger partial charge in [-0.3, -0.25) is 4.90 Å². The molecule has 1 N–H and O–H groups in total. The first kappa shape index (κ1) is 14.3. The first-order valence-corrected chi connectivity index (χ1v) is 7.77. The van der Waals surface area contributed by atoms with Gasteiger partial charge in [-0.15, -0.1) is 0 Å². The maximum Gasteiger partial charge on any atom is 0.0647 e. The normalized spacial score (nSPS) is 38.8. The molecule has 3 heteroatoms. The predicted octanol–water partition coefficient (Wildman–Crippen LogP) is 2.41. The second-order valence-corrected chi connectivity index (χ2v) is 6.26. The van der Waals surface area contributed by atoms with Gasteiger partial charge in [0, 0.05) is 37.3 Å². The molecule has 0 bridgehead atoms. The summed E-state index contributed by atoms with van der Waals surface area (Å²) in [7, 11) is 0. The Morgan fingerprint density at radius 1 is 1.39 bits per heavy atom. The van der Waals surface area contributed by atoms with Crippen molar-refractivity contribution in [1.82, 2.24) is 10.2 Å². The van der Waals surface area contributed by atoms with E-state index in [0.717, 1.165) is 19.8 Å². The van der Waals surface area contributed by atoms with Crippen LogP contribution in [0.5, 0.6) is 0 Å². The molecule has 0 saturated carbocycles. The van der Waals surface area contributed by atoms with Crippen molar-refractivity contribution in [3.8, 4) is 0 Å². The average Bonchev–Trinajstić information content (AvgIpc) is 2.40. The Morgan fingerprint density at radius 3 is 2.83 bits per heavy atom. The molecule has 2 aliphatic heterocycles. The highest BCUT2D eigenvalue weighted by Crippen LogP contribution is 2.30. The largest absolute Gasteiger partial charge is 0.380 e. The molecule has 0 radical (unpaired) electrons. The van der Waals surface area contributed by atoms with Crippen molar-refractivity contribution in [3.05, 3.63) is 0 Å². The van der Waals surface area contributed by atoms with Gasteiger partial charge in [-0.2, -0.15) is 0 Å². The minimum absolute atomic E-state index is 0.271. The number of piperazine rings is 1. The topological polar surface area (TPSA) is 24.5 Å². The van der Waals surface area contributed by atoms with Gasteiger partial charge < -0.3 is 10.1 Å². The number of nitrogens with one attached hydrogen (secondary N) is 1. The molecule has 2 rings (SSSR count). The lowest BCUT2D eigenvalue weighted by molar-refractivity contribution is -0.0725. The Hall–Kier alpha value is -0.120. The van der Waals surface area contributed by atoms with Gasteiger partial charge in [-0.25, -0.2) is 0 Å². The summed E-state index contributed by atoms with van der Waals surface area (Å²) in [6.45, 7) is 11.2. The molecular weight excluding hydrogens is 224 g/mol. The third-order valence-corrected chi connectivity index (χ3v) is 4.72. The number of ether oxygens (including phenoxy) is 1. The second kappa shape index (κ2) is 6.36. The molecule has 3 unspecified atom stereocenters. The van der Waals surface area contributed by atoms with Crippen molar-refractivity contribution in [1.29, 1.82) is 0 Å². The lowest BCUT2D eigenvalue weighted by Gasteiger charge is -2.51. The predicted molar refractivity (Wildman–Crippen MR) is 75.9 cm³/mol. The fourth-order valence-corrected chi connectivity index (χ4v) is 3.58. The van der Waals surface area contributed by atoms with Crippen molar-refractivity contribution < 1.29 is 4.74 Å². The summed E-state index contributed by atoms with van der Waals surface area (Å²) in [5.41, 5.74) is 0.271. The van der Waals surface area contributed by atoms with Crippen LogP contribution < -0.4 is 5.32 Å². The van der Waals surface area contributed by atoms with Crippen LogP contribution in [0, 0.1) is 0 Å². The zero-order valence-electron chi connectivity index (χ0n) is 12.4. The summed E-state index contributed by atoms with van der Waals surface area (Å²) in [5.74, 6) is 0. The zero-order valence-corrected chi connectivity index (χ0v) is 12.4. The van der Waals surface area contributed by atoms with Crippen LogP contribution in [0.2, 0.25) is 0 Å². The number of hydrogen-bond donors (Lipinski definition) is 1. The van der Waals surface area contributed by atoms with E-state index in [-0.39, 0.29) is 5.54 Å². The van der Waals surface area contributed by atoms with E-state index in [2.05, 4.69) is 31.0 Å². The van der Waals surface area contributed by atoms with Gasteiger partial charge in [0.25, 0.3) is 0 Å². The van der Waals surface area contributed by atoms with Crippen LogP contribution >= 0.6 is 0 Å². The van der Waals surface area contributed by atoms with E-state index in [0.29, 0.717) is 12.1 Å². The standard InChI is InChI=1S/C15H30N2O/c1-4-7-13-11-17(14(5-2)10-16-13)15(3)8-6-9-18-12-15/h13-14,16H,4-12H2,1-3H3. The number of hydrogen-bond acceptors (Lipinski definition) is 3. The van der Waals surface area contributed by atoms with E-state index in [1.165, 1.54) is 38.6 Å². The average molecular weight is 254 g/mol. The summed E-state index contributed by atoms with van der Waals surface area (Å²) in [6.07, 6.45) is 6.32. The van der Waals surface area contributed by atoms with Gasteiger partial charge in [-0.1, -0.05) is 20.3 Å². The number of rotatable bonds is 4. The molecular formula is C15H30N2O. The van der Waals surface area contributed by atoms with Crippen molar-refractivity contribution in [2.45, 2.75) is 70.5 Å². The molecule has 2 heterocycles. The Kier molecular flexibility index (Phi) is 5.05. The Balaban J connectivity index is 2.04. The van der Waals surface area contributed by atoms with Crippen LogP contribution in [-0.4, -0.2) is 48.8 Å². The lowest BCUT2D eigenvalue weighted by atomic mass is 9.88. The highest BCUT2D eigenvalue weighted by Gasteiger charge is 2.40. The Morgan fingerprint density at radius 2 is 2.22 bits per heavy atom.